The van der Waals surface area contributed by atoms with E-state index in [4.69, 9.17) is 9.57 Å². The number of hydroxylamine groups is 2. The minimum atomic E-state index is -0.633. The maximum atomic E-state index is 11.5. The second kappa shape index (κ2) is 13.4. The van der Waals surface area contributed by atoms with Gasteiger partial charge in [0.15, 0.2) is 11.8 Å². The number of β-amino-alcohol motifs (C(OH)–C–C–N with tert-alkyl or cyclic N) is 1. The third-order valence-electron chi connectivity index (χ3n) is 11.3. The van der Waals surface area contributed by atoms with E-state index >= 15 is 0 Å². The molecule has 47 heavy (non-hydrogen) atoms. The fourth-order valence-electron chi connectivity index (χ4n) is 10.1. The normalized spacial score (nSPS) is 25.7. The van der Waals surface area contributed by atoms with Gasteiger partial charge in [0.05, 0.1) is 24.9 Å². The number of nitrogens with zero attached hydrogens (tertiary/aromatic N) is 3. The molecule has 0 spiro atoms. The van der Waals surface area contributed by atoms with Gasteiger partial charge in [0.2, 0.25) is 0 Å². The van der Waals surface area contributed by atoms with Crippen molar-refractivity contribution >= 4 is 0 Å². The van der Waals surface area contributed by atoms with Gasteiger partial charge < -0.3 is 20.1 Å². The highest BCUT2D eigenvalue weighted by Gasteiger charge is 2.50. The Labute approximate surface area is 287 Å². The quantitative estimate of drug-likeness (QED) is 0.232. The van der Waals surface area contributed by atoms with Crippen LogP contribution in [0.4, 0.5) is 0 Å². The maximum Gasteiger partial charge on any atom is 0.198 e. The summed E-state index contributed by atoms with van der Waals surface area (Å²) in [5, 5.41) is 36.4. The van der Waals surface area contributed by atoms with Crippen molar-refractivity contribution in [3.8, 4) is 11.8 Å². The summed E-state index contributed by atoms with van der Waals surface area (Å²) in [5.41, 5.74) is -0.318. The van der Waals surface area contributed by atoms with Gasteiger partial charge in [0, 0.05) is 46.4 Å². The lowest BCUT2D eigenvalue weighted by molar-refractivity contribution is -0.320. The van der Waals surface area contributed by atoms with Crippen LogP contribution in [0, 0.1) is 5.41 Å². The molecular weight excluding hydrogens is 590 g/mol. The number of hydrogen-bond donors (Lipinski definition) is 3. The number of rotatable bonds is 10. The first kappa shape index (κ1) is 38.5. The number of aromatic nitrogens is 1. The van der Waals surface area contributed by atoms with Crippen molar-refractivity contribution in [3.05, 3.63) is 11.6 Å². The first-order valence-corrected chi connectivity index (χ1v) is 18.5. The van der Waals surface area contributed by atoms with Crippen LogP contribution in [0.25, 0.3) is 0 Å². The van der Waals surface area contributed by atoms with Crippen molar-refractivity contribution in [2.75, 3.05) is 13.2 Å². The van der Waals surface area contributed by atoms with Gasteiger partial charge in [-0.05, 0) is 111 Å². The largest absolute Gasteiger partial charge is 0.494 e. The minimum absolute atomic E-state index is 0.0454. The molecular formula is C39H71N3O5. The number of aliphatic hydroxyl groups excluding tert-OH is 1. The molecule has 1 saturated carbocycles. The van der Waals surface area contributed by atoms with Gasteiger partial charge >= 0.3 is 0 Å². The van der Waals surface area contributed by atoms with Crippen LogP contribution in [-0.2, 0) is 15.0 Å². The van der Waals surface area contributed by atoms with Crippen molar-refractivity contribution in [2.45, 2.75) is 206 Å². The van der Waals surface area contributed by atoms with Crippen molar-refractivity contribution in [3.63, 3.8) is 0 Å². The predicted octanol–water partition coefficient (Wildman–Crippen LogP) is 8.47. The number of aliphatic hydroxyl groups is 1. The van der Waals surface area contributed by atoms with Crippen LogP contribution in [0.15, 0.2) is 6.07 Å². The predicted molar refractivity (Wildman–Crippen MR) is 191 cm³/mol. The Morgan fingerprint density at radius 3 is 1.83 bits per heavy atom. The molecule has 3 N–H and O–H groups in total. The van der Waals surface area contributed by atoms with E-state index in [0.29, 0.717) is 12.6 Å². The van der Waals surface area contributed by atoms with Gasteiger partial charge in [-0.15, -0.1) is 0 Å². The topological polar surface area (TPSA) is 90.6 Å². The van der Waals surface area contributed by atoms with Crippen LogP contribution in [0.3, 0.4) is 0 Å². The van der Waals surface area contributed by atoms with Crippen molar-refractivity contribution in [2.24, 2.45) is 5.41 Å². The number of piperidine rings is 2. The molecule has 4 rings (SSSR count). The van der Waals surface area contributed by atoms with E-state index in [0.717, 1.165) is 50.5 Å². The van der Waals surface area contributed by atoms with Gasteiger partial charge in [0.1, 0.15) is 0 Å². The summed E-state index contributed by atoms with van der Waals surface area (Å²) >= 11 is 0. The number of aromatic hydroxyl groups is 2. The molecule has 1 aromatic heterocycles. The van der Waals surface area contributed by atoms with Crippen molar-refractivity contribution < 1.29 is 24.9 Å². The zero-order valence-corrected chi connectivity index (χ0v) is 32.4. The third-order valence-corrected chi connectivity index (χ3v) is 11.3. The molecule has 0 amide bonds. The van der Waals surface area contributed by atoms with E-state index in [-0.39, 0.29) is 63.5 Å². The number of hydrogen-bond acceptors (Lipinski definition) is 7. The van der Waals surface area contributed by atoms with E-state index in [9.17, 15) is 15.3 Å². The Kier molecular flexibility index (Phi) is 11.0. The maximum absolute atomic E-state index is 11.5. The molecule has 1 atom stereocenters. The molecule has 1 aliphatic carbocycles. The van der Waals surface area contributed by atoms with Crippen molar-refractivity contribution in [1.82, 2.24) is 14.5 Å². The lowest BCUT2D eigenvalue weighted by Crippen LogP contribution is -2.63. The van der Waals surface area contributed by atoms with Gasteiger partial charge in [-0.25, -0.2) is 0 Å². The summed E-state index contributed by atoms with van der Waals surface area (Å²) in [6.07, 6.45) is 9.90. The molecule has 2 saturated heterocycles. The highest BCUT2D eigenvalue weighted by Crippen LogP contribution is 2.50. The fourth-order valence-corrected chi connectivity index (χ4v) is 10.1. The van der Waals surface area contributed by atoms with E-state index in [1.807, 2.05) is 0 Å². The van der Waals surface area contributed by atoms with Gasteiger partial charge in [0.25, 0.3) is 0 Å². The van der Waals surface area contributed by atoms with Crippen LogP contribution < -0.4 is 0 Å². The molecule has 2 aliphatic heterocycles. The molecule has 3 heterocycles. The molecule has 3 aliphatic rings. The van der Waals surface area contributed by atoms with E-state index < -0.39 is 6.10 Å². The highest BCUT2D eigenvalue weighted by molar-refractivity contribution is 5.41. The SMILES string of the molecule is CC(C)(C)CC(C)(C)c1cc(O)n(C2CC(C)(C)N(CC(O)COC3CC(C)(C)N(OC4CCCCC4)C(C)(C)C3)C(C)(C)C2)c1O. The van der Waals surface area contributed by atoms with E-state index in [1.165, 1.54) is 19.3 Å². The zero-order chi connectivity index (χ0) is 35.4. The third kappa shape index (κ3) is 8.89. The zero-order valence-electron chi connectivity index (χ0n) is 32.4. The monoisotopic (exact) mass is 662 g/mol. The highest BCUT2D eigenvalue weighted by atomic mass is 16.7. The van der Waals surface area contributed by atoms with Gasteiger partial charge in [-0.2, -0.15) is 5.06 Å². The Balaban J connectivity index is 1.40. The average molecular weight is 662 g/mol. The summed E-state index contributed by atoms with van der Waals surface area (Å²) in [6.45, 7) is 29.6. The van der Waals surface area contributed by atoms with Crippen LogP contribution in [0.5, 0.6) is 11.8 Å². The van der Waals surface area contributed by atoms with Gasteiger partial charge in [-0.1, -0.05) is 53.9 Å². The summed E-state index contributed by atoms with van der Waals surface area (Å²) in [7, 11) is 0. The number of likely N-dealkylation sites (tertiary alicyclic amines) is 1. The molecule has 1 aromatic rings. The van der Waals surface area contributed by atoms with E-state index in [1.54, 1.807) is 10.6 Å². The molecule has 1 unspecified atom stereocenters. The lowest BCUT2D eigenvalue weighted by Gasteiger charge is -2.56. The molecule has 272 valence electrons. The standard InChI is InChI=1S/C39H71N3O5/c1-34(2,3)26-35(4,5)31-19-32(44)41(33(31)45)27-20-36(6,7)40(37(8,9)21-27)24-28(43)25-46-30-22-38(10,11)42(39(12,13)23-30)47-29-17-15-14-16-18-29/h19,27-30,43-45H,14-18,20-26H2,1-13H3. The Morgan fingerprint density at radius 2 is 1.32 bits per heavy atom. The molecule has 8 nitrogen and oxygen atoms in total. The first-order chi connectivity index (χ1) is 21.3. The lowest BCUT2D eigenvalue weighted by atomic mass is 9.73. The van der Waals surface area contributed by atoms with Crippen LogP contribution in [0.2, 0.25) is 0 Å². The summed E-state index contributed by atoms with van der Waals surface area (Å²) < 4.78 is 8.25. The van der Waals surface area contributed by atoms with Gasteiger partial charge in [-0.3, -0.25) is 14.3 Å². The van der Waals surface area contributed by atoms with Crippen LogP contribution >= 0.6 is 0 Å². The van der Waals surface area contributed by atoms with E-state index in [2.05, 4.69) is 100.0 Å². The molecule has 0 radical (unpaired) electrons. The first-order valence-electron chi connectivity index (χ1n) is 18.5. The van der Waals surface area contributed by atoms with Crippen molar-refractivity contribution in [1.29, 1.82) is 0 Å². The summed E-state index contributed by atoms with van der Waals surface area (Å²) in [6, 6.07) is 1.69. The smallest absolute Gasteiger partial charge is 0.198 e. The molecule has 0 bridgehead atoms. The van der Waals surface area contributed by atoms with Crippen LogP contribution in [0.1, 0.15) is 166 Å². The summed E-state index contributed by atoms with van der Waals surface area (Å²) in [5.74, 6) is 0.301. The minimum Gasteiger partial charge on any atom is -0.494 e. The Morgan fingerprint density at radius 1 is 0.787 bits per heavy atom. The number of ether oxygens (including phenoxy) is 1. The Hall–Kier alpha value is -1.32. The Bertz CT molecular complexity index is 1170. The van der Waals surface area contributed by atoms with Crippen LogP contribution in [-0.4, -0.2) is 83.5 Å². The molecule has 3 fully saturated rings. The fraction of sp³-hybridized carbons (Fsp3) is 0.897. The molecule has 8 heteroatoms. The second-order valence-electron chi connectivity index (χ2n) is 19.8. The molecule has 0 aromatic carbocycles. The average Bonchev–Trinajstić information content (AvgIpc) is 3.20. The second-order valence-corrected chi connectivity index (χ2v) is 19.8. The summed E-state index contributed by atoms with van der Waals surface area (Å²) in [4.78, 5) is 9.07.